The first kappa shape index (κ1) is 11.1. The fraction of sp³-hybridized carbons (Fsp3) is 0.500. The predicted octanol–water partition coefficient (Wildman–Crippen LogP) is 0.906. The Balaban J connectivity index is 2.14. The van der Waals surface area contributed by atoms with Gasteiger partial charge >= 0.3 is 0 Å². The van der Waals surface area contributed by atoms with E-state index in [0.717, 1.165) is 26.1 Å². The van der Waals surface area contributed by atoms with E-state index in [4.69, 9.17) is 0 Å². The summed E-state index contributed by atoms with van der Waals surface area (Å²) in [4.78, 5) is 18.1. The van der Waals surface area contributed by atoms with E-state index in [1.807, 2.05) is 11.0 Å². The third kappa shape index (κ3) is 2.39. The molecule has 1 fully saturated rings. The first-order chi connectivity index (χ1) is 7.79. The van der Waals surface area contributed by atoms with E-state index in [-0.39, 0.29) is 5.91 Å². The zero-order valence-electron chi connectivity index (χ0n) is 9.52. The van der Waals surface area contributed by atoms with E-state index in [1.54, 1.807) is 18.5 Å². The van der Waals surface area contributed by atoms with Crippen LogP contribution in [0.3, 0.4) is 0 Å². The highest BCUT2D eigenvalue weighted by molar-refractivity contribution is 5.94. The SMILES string of the molecule is CC1CCNCCN1C(=O)c1cccnc1. The van der Waals surface area contributed by atoms with Crippen LogP contribution < -0.4 is 5.32 Å². The van der Waals surface area contributed by atoms with Crippen LogP contribution in [0.1, 0.15) is 23.7 Å². The zero-order valence-corrected chi connectivity index (χ0v) is 9.52. The molecule has 1 saturated heterocycles. The molecule has 16 heavy (non-hydrogen) atoms. The van der Waals surface area contributed by atoms with E-state index in [1.165, 1.54) is 0 Å². The Hall–Kier alpha value is -1.42. The molecule has 0 aromatic carbocycles. The first-order valence-corrected chi connectivity index (χ1v) is 5.71. The van der Waals surface area contributed by atoms with Crippen molar-refractivity contribution in [2.45, 2.75) is 19.4 Å². The third-order valence-electron chi connectivity index (χ3n) is 2.97. The highest BCUT2D eigenvalue weighted by Gasteiger charge is 2.22. The van der Waals surface area contributed by atoms with E-state index >= 15 is 0 Å². The molecule has 1 amide bonds. The minimum absolute atomic E-state index is 0.0873. The van der Waals surface area contributed by atoms with Gasteiger partial charge in [0.1, 0.15) is 0 Å². The van der Waals surface area contributed by atoms with Gasteiger partial charge in [-0.3, -0.25) is 9.78 Å². The molecule has 2 heterocycles. The summed E-state index contributed by atoms with van der Waals surface area (Å²) in [6, 6.07) is 3.91. The summed E-state index contributed by atoms with van der Waals surface area (Å²) < 4.78 is 0. The van der Waals surface area contributed by atoms with Crippen LogP contribution in [-0.4, -0.2) is 41.5 Å². The van der Waals surface area contributed by atoms with Gasteiger partial charge in [-0.15, -0.1) is 0 Å². The van der Waals surface area contributed by atoms with E-state index in [2.05, 4.69) is 17.2 Å². The number of hydrogen-bond donors (Lipinski definition) is 1. The van der Waals surface area contributed by atoms with Crippen molar-refractivity contribution in [1.29, 1.82) is 0 Å². The number of carbonyl (C=O) groups is 1. The van der Waals surface area contributed by atoms with Crippen LogP contribution in [0.5, 0.6) is 0 Å². The van der Waals surface area contributed by atoms with Gasteiger partial charge in [-0.2, -0.15) is 0 Å². The summed E-state index contributed by atoms with van der Waals surface area (Å²) in [5.74, 6) is 0.0873. The normalized spacial score (nSPS) is 21.6. The van der Waals surface area contributed by atoms with Gasteiger partial charge in [0, 0.05) is 31.5 Å². The lowest BCUT2D eigenvalue weighted by Gasteiger charge is -2.26. The number of amides is 1. The lowest BCUT2D eigenvalue weighted by atomic mass is 10.1. The molecule has 0 aliphatic carbocycles. The monoisotopic (exact) mass is 219 g/mol. The molecule has 1 aliphatic rings. The maximum Gasteiger partial charge on any atom is 0.255 e. The Labute approximate surface area is 95.7 Å². The Kier molecular flexibility index (Phi) is 3.51. The number of carbonyl (C=O) groups excluding carboxylic acids is 1. The van der Waals surface area contributed by atoms with Gasteiger partial charge in [0.05, 0.1) is 5.56 Å². The number of nitrogens with zero attached hydrogens (tertiary/aromatic N) is 2. The van der Waals surface area contributed by atoms with Crippen molar-refractivity contribution >= 4 is 5.91 Å². The minimum Gasteiger partial charge on any atom is -0.335 e. The molecule has 4 heteroatoms. The molecule has 1 aromatic rings. The second kappa shape index (κ2) is 5.07. The number of aromatic nitrogens is 1. The van der Waals surface area contributed by atoms with Gasteiger partial charge in [-0.1, -0.05) is 0 Å². The molecular weight excluding hydrogens is 202 g/mol. The van der Waals surface area contributed by atoms with Gasteiger partial charge in [-0.05, 0) is 32.0 Å². The maximum atomic E-state index is 12.2. The van der Waals surface area contributed by atoms with Crippen molar-refractivity contribution in [3.8, 4) is 0 Å². The number of pyridine rings is 1. The minimum atomic E-state index is 0.0873. The highest BCUT2D eigenvalue weighted by atomic mass is 16.2. The smallest absolute Gasteiger partial charge is 0.255 e. The molecule has 86 valence electrons. The Bertz CT molecular complexity index is 353. The van der Waals surface area contributed by atoms with Gasteiger partial charge < -0.3 is 10.2 Å². The zero-order chi connectivity index (χ0) is 11.4. The van der Waals surface area contributed by atoms with Gasteiger partial charge in [0.15, 0.2) is 0 Å². The summed E-state index contributed by atoms with van der Waals surface area (Å²) in [6.45, 7) is 4.73. The van der Waals surface area contributed by atoms with Crippen molar-refractivity contribution in [1.82, 2.24) is 15.2 Å². The predicted molar refractivity (Wildman–Crippen MR) is 62.2 cm³/mol. The first-order valence-electron chi connectivity index (χ1n) is 5.71. The van der Waals surface area contributed by atoms with Gasteiger partial charge in [0.2, 0.25) is 0 Å². The Morgan fingerprint density at radius 1 is 1.56 bits per heavy atom. The molecular formula is C12H17N3O. The van der Waals surface area contributed by atoms with Crippen LogP contribution in [0, 0.1) is 0 Å². The molecule has 0 radical (unpaired) electrons. The fourth-order valence-electron chi connectivity index (χ4n) is 1.97. The van der Waals surface area contributed by atoms with Crippen LogP contribution >= 0.6 is 0 Å². The van der Waals surface area contributed by atoms with E-state index in [0.29, 0.717) is 11.6 Å². The Morgan fingerprint density at radius 2 is 2.44 bits per heavy atom. The van der Waals surface area contributed by atoms with Crippen molar-refractivity contribution in [3.63, 3.8) is 0 Å². The number of rotatable bonds is 1. The topological polar surface area (TPSA) is 45.2 Å². The van der Waals surface area contributed by atoms with Crippen molar-refractivity contribution < 1.29 is 4.79 Å². The van der Waals surface area contributed by atoms with Crippen LogP contribution in [0.4, 0.5) is 0 Å². The van der Waals surface area contributed by atoms with Gasteiger partial charge in [-0.25, -0.2) is 0 Å². The summed E-state index contributed by atoms with van der Waals surface area (Å²) >= 11 is 0. The standard InChI is InChI=1S/C12H17N3O/c1-10-4-6-13-7-8-15(10)12(16)11-3-2-5-14-9-11/h2-3,5,9-10,13H,4,6-8H2,1H3. The second-order valence-electron chi connectivity index (χ2n) is 4.13. The summed E-state index contributed by atoms with van der Waals surface area (Å²) in [7, 11) is 0. The fourth-order valence-corrected chi connectivity index (χ4v) is 1.97. The summed E-state index contributed by atoms with van der Waals surface area (Å²) in [5.41, 5.74) is 0.677. The van der Waals surface area contributed by atoms with Crippen molar-refractivity contribution in [2.75, 3.05) is 19.6 Å². The second-order valence-corrected chi connectivity index (χ2v) is 4.13. The van der Waals surface area contributed by atoms with Crippen LogP contribution in [0.2, 0.25) is 0 Å². The van der Waals surface area contributed by atoms with Crippen LogP contribution in [0.15, 0.2) is 24.5 Å². The maximum absolute atomic E-state index is 12.2. The van der Waals surface area contributed by atoms with Crippen molar-refractivity contribution in [3.05, 3.63) is 30.1 Å². The highest BCUT2D eigenvalue weighted by Crippen LogP contribution is 2.11. The van der Waals surface area contributed by atoms with Crippen molar-refractivity contribution in [2.24, 2.45) is 0 Å². The Morgan fingerprint density at radius 3 is 3.19 bits per heavy atom. The van der Waals surface area contributed by atoms with Crippen LogP contribution in [0.25, 0.3) is 0 Å². The molecule has 1 aliphatic heterocycles. The lowest BCUT2D eigenvalue weighted by molar-refractivity contribution is 0.0704. The molecule has 0 saturated carbocycles. The average molecular weight is 219 g/mol. The number of hydrogen-bond acceptors (Lipinski definition) is 3. The molecule has 1 atom stereocenters. The lowest BCUT2D eigenvalue weighted by Crippen LogP contribution is -2.39. The van der Waals surface area contributed by atoms with Gasteiger partial charge in [0.25, 0.3) is 5.91 Å². The molecule has 1 unspecified atom stereocenters. The largest absolute Gasteiger partial charge is 0.335 e. The molecule has 4 nitrogen and oxygen atoms in total. The molecule has 2 rings (SSSR count). The molecule has 1 aromatic heterocycles. The quantitative estimate of drug-likeness (QED) is 0.763. The molecule has 1 N–H and O–H groups in total. The summed E-state index contributed by atoms with van der Waals surface area (Å²) in [6.07, 6.45) is 4.32. The average Bonchev–Trinajstić information content (AvgIpc) is 2.54. The number of nitrogens with one attached hydrogen (secondary N) is 1. The van der Waals surface area contributed by atoms with E-state index in [9.17, 15) is 4.79 Å². The molecule has 0 spiro atoms. The molecule has 0 bridgehead atoms. The third-order valence-corrected chi connectivity index (χ3v) is 2.97. The van der Waals surface area contributed by atoms with Crippen LogP contribution in [-0.2, 0) is 0 Å². The summed E-state index contributed by atoms with van der Waals surface area (Å²) in [5, 5.41) is 3.30. The van der Waals surface area contributed by atoms with E-state index < -0.39 is 0 Å².